The Morgan fingerprint density at radius 2 is 1.15 bits per heavy atom. The molecule has 0 aliphatic carbocycles. The Kier molecular flexibility index (Phi) is 4.76. The van der Waals surface area contributed by atoms with Crippen molar-refractivity contribution in [1.29, 1.82) is 0 Å². The predicted octanol–water partition coefficient (Wildman–Crippen LogP) is 9.32. The van der Waals surface area contributed by atoms with E-state index in [0.29, 0.717) is 0 Å². The molecule has 3 aliphatic rings. The number of aromatic nitrogens is 5. The summed E-state index contributed by atoms with van der Waals surface area (Å²) in [5.74, 6) is 0. The molecule has 4 aromatic heterocycles. The van der Waals surface area contributed by atoms with Gasteiger partial charge in [-0.25, -0.2) is 0 Å². The SMILES string of the molecule is C(=C\c1ccc(-c2cn3[n+](c2)C24c5c(cccc5-n5c6ccccc6c6ccc[n+]2c65)-n2c5ccccc5c5ccc-3c4c52)cc1)/c1ccccc1. The van der Waals surface area contributed by atoms with Gasteiger partial charge in [-0.1, -0.05) is 108 Å². The number of hydrogen-bond donors (Lipinski definition) is 0. The van der Waals surface area contributed by atoms with Gasteiger partial charge in [-0.15, -0.1) is 4.68 Å². The summed E-state index contributed by atoms with van der Waals surface area (Å²) < 4.78 is 12.5. The second-order valence-corrected chi connectivity index (χ2v) is 14.3. The third kappa shape index (κ3) is 3.00. The van der Waals surface area contributed by atoms with Gasteiger partial charge in [-0.3, -0.25) is 0 Å². The van der Waals surface area contributed by atoms with E-state index < -0.39 is 5.66 Å². The topological polar surface area (TPSA) is 22.5 Å². The molecule has 0 amide bonds. The maximum atomic E-state index is 2.57. The zero-order valence-corrected chi connectivity index (χ0v) is 28.0. The van der Waals surface area contributed by atoms with E-state index in [9.17, 15) is 0 Å². The Labute approximate surface area is 298 Å². The molecule has 1 spiro atoms. The first-order chi connectivity index (χ1) is 25.8. The van der Waals surface area contributed by atoms with Crippen LogP contribution >= 0.6 is 0 Å². The summed E-state index contributed by atoms with van der Waals surface area (Å²) in [5, 5.41) is 5.09. The fraction of sp³-hybridized carbons (Fsp3) is 0.0213. The molecule has 240 valence electrons. The number of fused-ring (bicyclic) bond motifs is 10. The molecule has 0 radical (unpaired) electrons. The first kappa shape index (κ1) is 26.8. The summed E-state index contributed by atoms with van der Waals surface area (Å²) in [4.78, 5) is 0. The van der Waals surface area contributed by atoms with Crippen LogP contribution in [0.1, 0.15) is 22.3 Å². The molecule has 13 rings (SSSR count). The van der Waals surface area contributed by atoms with Crippen LogP contribution in [0, 0.1) is 0 Å². The molecule has 0 bridgehead atoms. The van der Waals surface area contributed by atoms with Crippen LogP contribution in [0.5, 0.6) is 0 Å². The first-order valence-corrected chi connectivity index (χ1v) is 17.9. The normalized spacial score (nSPS) is 16.1. The Balaban J connectivity index is 1.14. The molecule has 5 heteroatoms. The highest BCUT2D eigenvalue weighted by Crippen LogP contribution is 2.53. The second-order valence-electron chi connectivity index (χ2n) is 14.3. The number of para-hydroxylation sites is 2. The van der Waals surface area contributed by atoms with Gasteiger partial charge in [-0.05, 0) is 71.3 Å². The Morgan fingerprint density at radius 1 is 0.481 bits per heavy atom. The lowest BCUT2D eigenvalue weighted by Gasteiger charge is -2.33. The zero-order chi connectivity index (χ0) is 33.7. The average molecular weight is 664 g/mol. The van der Waals surface area contributed by atoms with Gasteiger partial charge >= 0.3 is 11.3 Å². The lowest BCUT2D eigenvalue weighted by atomic mass is 9.83. The molecule has 6 aromatic carbocycles. The van der Waals surface area contributed by atoms with Gasteiger partial charge in [-0.2, -0.15) is 9.13 Å². The third-order valence-electron chi connectivity index (χ3n) is 11.8. The molecule has 0 N–H and O–H groups in total. The molecule has 0 fully saturated rings. The standard InChI is InChI=1S/C47H29N5/c1-2-10-30(11-3-1)19-20-31-21-23-32(24-22-31)33-28-49-40-26-25-36-34-12-4-6-15-38(34)51-41-17-8-18-42-43(41)47(50(49)29-33,44(40)45(36)51)48-27-9-14-37-35-13-5-7-16-39(35)52(42)46(37)48/h1-29H/q+2/b20-19+. The highest BCUT2D eigenvalue weighted by Gasteiger charge is 2.68. The van der Waals surface area contributed by atoms with Crippen LogP contribution in [0.2, 0.25) is 0 Å². The van der Waals surface area contributed by atoms with Crippen molar-refractivity contribution in [2.45, 2.75) is 5.66 Å². The zero-order valence-electron chi connectivity index (χ0n) is 28.0. The predicted molar refractivity (Wildman–Crippen MR) is 207 cm³/mol. The van der Waals surface area contributed by atoms with Gasteiger partial charge < -0.3 is 4.57 Å². The van der Waals surface area contributed by atoms with Crippen molar-refractivity contribution in [3.8, 4) is 28.2 Å². The van der Waals surface area contributed by atoms with Crippen molar-refractivity contribution in [2.24, 2.45) is 0 Å². The molecule has 1 unspecified atom stereocenters. The third-order valence-corrected chi connectivity index (χ3v) is 11.8. The maximum absolute atomic E-state index is 2.57. The highest BCUT2D eigenvalue weighted by molar-refractivity contribution is 6.13. The lowest BCUT2D eigenvalue weighted by Crippen LogP contribution is -2.76. The molecule has 0 saturated carbocycles. The quantitative estimate of drug-likeness (QED) is 0.133. The molecule has 7 heterocycles. The highest BCUT2D eigenvalue weighted by atomic mass is 15.5. The number of hydrogen-bond acceptors (Lipinski definition) is 0. The summed E-state index contributed by atoms with van der Waals surface area (Å²) in [6.45, 7) is 0. The van der Waals surface area contributed by atoms with E-state index in [1.54, 1.807) is 0 Å². The van der Waals surface area contributed by atoms with Crippen LogP contribution in [0.3, 0.4) is 0 Å². The summed E-state index contributed by atoms with van der Waals surface area (Å²) in [5.41, 5.74) is 15.3. The number of pyridine rings is 1. The maximum Gasteiger partial charge on any atom is 0.394 e. The van der Waals surface area contributed by atoms with Crippen LogP contribution in [0.4, 0.5) is 0 Å². The molecular formula is C47H29N5+2. The number of nitrogens with zero attached hydrogens (tertiary/aromatic N) is 5. The minimum Gasteiger partial charge on any atom is -0.307 e. The molecule has 3 aliphatic heterocycles. The van der Waals surface area contributed by atoms with Crippen LogP contribution in [-0.4, -0.2) is 13.8 Å². The fourth-order valence-electron chi connectivity index (χ4n) is 9.80. The Morgan fingerprint density at radius 3 is 1.96 bits per heavy atom. The van der Waals surface area contributed by atoms with Crippen molar-refractivity contribution in [3.63, 3.8) is 0 Å². The van der Waals surface area contributed by atoms with Crippen molar-refractivity contribution in [3.05, 3.63) is 186 Å². The number of rotatable bonds is 3. The second kappa shape index (κ2) is 9.22. The van der Waals surface area contributed by atoms with Crippen molar-refractivity contribution < 1.29 is 9.25 Å². The monoisotopic (exact) mass is 663 g/mol. The van der Waals surface area contributed by atoms with Crippen LogP contribution in [0.15, 0.2) is 164 Å². The Bertz CT molecular complexity index is 3210. The van der Waals surface area contributed by atoms with Crippen molar-refractivity contribution >= 4 is 55.9 Å². The molecule has 5 nitrogen and oxygen atoms in total. The van der Waals surface area contributed by atoms with E-state index in [4.69, 9.17) is 0 Å². The smallest absolute Gasteiger partial charge is 0.307 e. The van der Waals surface area contributed by atoms with Gasteiger partial charge in [0.15, 0.2) is 5.69 Å². The molecule has 1 atom stereocenters. The van der Waals surface area contributed by atoms with E-state index in [2.05, 4.69) is 199 Å². The minimum atomic E-state index is -0.661. The van der Waals surface area contributed by atoms with Gasteiger partial charge in [0.05, 0.1) is 40.1 Å². The Hall–Kier alpha value is -6.98. The van der Waals surface area contributed by atoms with Gasteiger partial charge in [0.2, 0.25) is 6.20 Å². The van der Waals surface area contributed by atoms with E-state index in [0.717, 1.165) is 0 Å². The largest absolute Gasteiger partial charge is 0.394 e. The van der Waals surface area contributed by atoms with Crippen LogP contribution < -0.4 is 9.25 Å². The van der Waals surface area contributed by atoms with Gasteiger partial charge in [0.25, 0.3) is 0 Å². The summed E-state index contributed by atoms with van der Waals surface area (Å²) in [6.07, 6.45) is 11.4. The molecule has 52 heavy (non-hydrogen) atoms. The van der Waals surface area contributed by atoms with E-state index in [1.165, 1.54) is 94.2 Å². The van der Waals surface area contributed by atoms with Crippen LogP contribution in [0.25, 0.3) is 84.1 Å². The van der Waals surface area contributed by atoms with E-state index in [1.807, 2.05) is 0 Å². The van der Waals surface area contributed by atoms with Crippen molar-refractivity contribution in [1.82, 2.24) is 13.8 Å². The summed E-state index contributed by atoms with van der Waals surface area (Å²) in [6, 6.07) is 53.3. The first-order valence-electron chi connectivity index (χ1n) is 17.9. The van der Waals surface area contributed by atoms with Gasteiger partial charge in [0, 0.05) is 16.2 Å². The summed E-state index contributed by atoms with van der Waals surface area (Å²) >= 11 is 0. The fourth-order valence-corrected chi connectivity index (χ4v) is 9.80. The van der Waals surface area contributed by atoms with E-state index >= 15 is 0 Å². The van der Waals surface area contributed by atoms with E-state index in [-0.39, 0.29) is 0 Å². The molecular weight excluding hydrogens is 635 g/mol. The average Bonchev–Trinajstić information content (AvgIpc) is 3.95. The lowest BCUT2D eigenvalue weighted by molar-refractivity contribution is -0.987. The van der Waals surface area contributed by atoms with Crippen LogP contribution in [-0.2, 0) is 5.66 Å². The molecule has 10 aromatic rings. The summed E-state index contributed by atoms with van der Waals surface area (Å²) in [7, 11) is 0. The minimum absolute atomic E-state index is 0.661. The molecule has 0 saturated heterocycles. The van der Waals surface area contributed by atoms with Gasteiger partial charge in [0.1, 0.15) is 22.3 Å². The van der Waals surface area contributed by atoms with Crippen molar-refractivity contribution in [2.75, 3.05) is 0 Å². The number of benzene rings is 6.